The van der Waals surface area contributed by atoms with Crippen molar-refractivity contribution < 1.29 is 31.5 Å². The van der Waals surface area contributed by atoms with E-state index in [2.05, 4.69) is 21.4 Å². The molecule has 9 nitrogen and oxygen atoms in total. The number of thiophene rings is 1. The third-order valence-corrected chi connectivity index (χ3v) is 11.6. The number of hydrogen-bond acceptors (Lipinski definition) is 9. The van der Waals surface area contributed by atoms with Gasteiger partial charge in [-0.15, -0.1) is 11.3 Å². The van der Waals surface area contributed by atoms with Gasteiger partial charge in [0.25, 0.3) is 0 Å². The first-order valence-electron chi connectivity index (χ1n) is 16.3. The average molecular weight is 712 g/mol. The van der Waals surface area contributed by atoms with E-state index in [1.54, 1.807) is 16.8 Å². The Kier molecular flexibility index (Phi) is 8.38. The van der Waals surface area contributed by atoms with Crippen LogP contribution in [-0.2, 0) is 11.0 Å². The second-order valence-corrected chi connectivity index (χ2v) is 14.4. The van der Waals surface area contributed by atoms with Crippen molar-refractivity contribution >= 4 is 49.1 Å². The van der Waals surface area contributed by atoms with Crippen LogP contribution in [0.4, 0.5) is 32.8 Å². The van der Waals surface area contributed by atoms with Gasteiger partial charge in [-0.3, -0.25) is 9.69 Å². The lowest BCUT2D eigenvalue weighted by atomic mass is 9.93. The molecule has 2 N–H and O–H groups in total. The lowest BCUT2D eigenvalue weighted by Gasteiger charge is -2.33. The summed E-state index contributed by atoms with van der Waals surface area (Å²) in [6.45, 7) is 7.00. The predicted octanol–water partition coefficient (Wildman–Crippen LogP) is 6.69. The summed E-state index contributed by atoms with van der Waals surface area (Å²) < 4.78 is 80.7. The minimum Gasteiger partial charge on any atom is -0.461 e. The van der Waals surface area contributed by atoms with E-state index in [4.69, 9.17) is 10.5 Å². The maximum atomic E-state index is 15.0. The van der Waals surface area contributed by atoms with Crippen LogP contribution in [0.25, 0.3) is 32.1 Å². The molecule has 2 aromatic carbocycles. The van der Waals surface area contributed by atoms with Gasteiger partial charge in [-0.2, -0.15) is 28.4 Å². The molecule has 0 saturated carbocycles. The first-order valence-corrected chi connectivity index (χ1v) is 17.1. The number of carbonyl (C=O) groups is 1. The molecule has 2 aromatic heterocycles. The Hall–Kier alpha value is -4.55. The molecule has 4 atom stereocenters. The standard InChI is InChI=1S/C35H34F5N7O2S/c1-4-28(48)47-11-8-27(18(47)2)45(3)32-22-12-24(35(38,39)40)21(20-6-7-25(37)30-29(20)23(15-41)31(42)50-30)13-26(22)43-33(44-32)49-17-34-9-5-10-46(34)16-19(36)14-34/h4,6-7,12-13,18-19,27H,1,5,8-11,14,16-17,42H2,2-3H3/t18-,19-,27-,34+/m1/s1. The molecule has 1 amide bonds. The summed E-state index contributed by atoms with van der Waals surface area (Å²) in [6.07, 6.45) is -2.23. The maximum Gasteiger partial charge on any atom is 0.417 e. The fraction of sp³-hybridized carbons (Fsp3) is 0.429. The van der Waals surface area contributed by atoms with Crippen LogP contribution in [0, 0.1) is 17.1 Å². The van der Waals surface area contributed by atoms with Crippen molar-refractivity contribution in [2.24, 2.45) is 0 Å². The number of fused-ring (bicyclic) bond motifs is 3. The zero-order chi connectivity index (χ0) is 35.7. The molecule has 3 fully saturated rings. The number of rotatable bonds is 7. The molecule has 0 aliphatic carbocycles. The van der Waals surface area contributed by atoms with E-state index >= 15 is 13.2 Å². The number of anilines is 2. The van der Waals surface area contributed by atoms with Gasteiger partial charge >= 0.3 is 12.2 Å². The Morgan fingerprint density at radius 3 is 2.78 bits per heavy atom. The van der Waals surface area contributed by atoms with Crippen LogP contribution < -0.4 is 15.4 Å². The minimum absolute atomic E-state index is 0.0115. The van der Waals surface area contributed by atoms with Gasteiger partial charge in [-0.25, -0.2) is 8.78 Å². The number of benzene rings is 2. The molecule has 50 heavy (non-hydrogen) atoms. The van der Waals surface area contributed by atoms with Crippen LogP contribution in [0.2, 0.25) is 0 Å². The first kappa shape index (κ1) is 33.9. The van der Waals surface area contributed by atoms with Crippen LogP contribution in [-0.4, -0.2) is 82.8 Å². The summed E-state index contributed by atoms with van der Waals surface area (Å²) in [5, 5.41) is 9.90. The number of likely N-dealkylation sites (tertiary alicyclic amines) is 1. The van der Waals surface area contributed by atoms with Crippen molar-refractivity contribution in [3.05, 3.63) is 53.9 Å². The third kappa shape index (κ3) is 5.49. The maximum absolute atomic E-state index is 15.0. The zero-order valence-electron chi connectivity index (χ0n) is 27.4. The van der Waals surface area contributed by atoms with E-state index in [9.17, 15) is 18.8 Å². The molecular weight excluding hydrogens is 677 g/mol. The van der Waals surface area contributed by atoms with E-state index in [1.165, 1.54) is 18.2 Å². The highest BCUT2D eigenvalue weighted by Gasteiger charge is 2.49. The number of halogens is 5. The minimum atomic E-state index is -4.88. The van der Waals surface area contributed by atoms with Gasteiger partial charge in [-0.1, -0.05) is 12.6 Å². The van der Waals surface area contributed by atoms with Crippen LogP contribution >= 0.6 is 11.3 Å². The summed E-state index contributed by atoms with van der Waals surface area (Å²) >= 11 is 0.790. The molecule has 3 aliphatic rings. The summed E-state index contributed by atoms with van der Waals surface area (Å²) in [7, 11) is 1.70. The first-order chi connectivity index (χ1) is 23.8. The molecule has 0 radical (unpaired) electrons. The lowest BCUT2D eigenvalue weighted by Crippen LogP contribution is -2.44. The van der Waals surface area contributed by atoms with Gasteiger partial charge in [-0.05, 0) is 68.1 Å². The van der Waals surface area contributed by atoms with Crippen LogP contribution in [0.1, 0.15) is 43.7 Å². The third-order valence-electron chi connectivity index (χ3n) is 10.6. The number of ether oxygens (including phenoxy) is 1. The Balaban J connectivity index is 1.41. The van der Waals surface area contributed by atoms with Crippen LogP contribution in [0.5, 0.6) is 6.01 Å². The van der Waals surface area contributed by atoms with E-state index in [-0.39, 0.29) is 79.1 Å². The summed E-state index contributed by atoms with van der Waals surface area (Å²) in [6, 6.07) is 5.65. The zero-order valence-corrected chi connectivity index (χ0v) is 28.2. The van der Waals surface area contributed by atoms with E-state index in [1.807, 2.05) is 13.0 Å². The normalized spacial score (nSPS) is 23.8. The van der Waals surface area contributed by atoms with Gasteiger partial charge in [0.1, 0.15) is 35.5 Å². The SMILES string of the molecule is C=CC(=O)N1CC[C@@H](N(C)c2nc(OC[C@@]34CCCN3C[C@H](F)C4)nc3cc(-c4ccc(F)c5sc(N)c(C#N)c45)c(C(F)(F)F)cc23)[C@H]1C. The number of nitrogen functional groups attached to an aromatic ring is 1. The highest BCUT2D eigenvalue weighted by atomic mass is 32.1. The van der Waals surface area contributed by atoms with Crippen molar-refractivity contribution in [3.8, 4) is 23.2 Å². The highest BCUT2D eigenvalue weighted by Crippen LogP contribution is 2.47. The van der Waals surface area contributed by atoms with E-state index < -0.39 is 29.3 Å². The van der Waals surface area contributed by atoms with Gasteiger partial charge in [0.15, 0.2) is 0 Å². The molecule has 0 bridgehead atoms. The van der Waals surface area contributed by atoms with Gasteiger partial charge in [0.2, 0.25) is 5.91 Å². The molecule has 0 unspecified atom stereocenters. The number of alkyl halides is 4. The highest BCUT2D eigenvalue weighted by molar-refractivity contribution is 7.23. The topological polar surface area (TPSA) is 112 Å². The molecule has 5 heterocycles. The smallest absolute Gasteiger partial charge is 0.417 e. The van der Waals surface area contributed by atoms with Crippen molar-refractivity contribution in [3.63, 3.8) is 0 Å². The van der Waals surface area contributed by atoms with E-state index in [0.29, 0.717) is 25.9 Å². The molecule has 15 heteroatoms. The summed E-state index contributed by atoms with van der Waals surface area (Å²) in [4.78, 5) is 27.3. The number of carbonyl (C=O) groups excluding carboxylic acids is 1. The quantitative estimate of drug-likeness (QED) is 0.167. The largest absolute Gasteiger partial charge is 0.461 e. The van der Waals surface area contributed by atoms with Crippen LogP contribution in [0.15, 0.2) is 36.9 Å². The lowest BCUT2D eigenvalue weighted by molar-refractivity contribution is -0.137. The molecule has 262 valence electrons. The number of amides is 1. The van der Waals surface area contributed by atoms with Crippen molar-refractivity contribution in [2.45, 2.75) is 62.6 Å². The number of nitriles is 1. The number of hydrogen-bond donors (Lipinski definition) is 1. The summed E-state index contributed by atoms with van der Waals surface area (Å²) in [5.74, 6) is -0.812. The number of nitrogens with two attached hydrogens (primary N) is 1. The van der Waals surface area contributed by atoms with Crippen LogP contribution in [0.3, 0.4) is 0 Å². The van der Waals surface area contributed by atoms with Gasteiger partial charge in [0, 0.05) is 43.4 Å². The van der Waals surface area contributed by atoms with Crippen molar-refractivity contribution in [1.29, 1.82) is 5.26 Å². The van der Waals surface area contributed by atoms with E-state index in [0.717, 1.165) is 42.9 Å². The number of likely N-dealkylation sites (N-methyl/N-ethyl adjacent to an activating group) is 1. The summed E-state index contributed by atoms with van der Waals surface area (Å²) in [5.41, 5.74) is 4.08. The fourth-order valence-corrected chi connectivity index (χ4v) is 9.08. The number of aromatic nitrogens is 2. The molecule has 0 spiro atoms. The van der Waals surface area contributed by atoms with Crippen molar-refractivity contribution in [1.82, 2.24) is 19.8 Å². The molecule has 3 aliphatic heterocycles. The fourth-order valence-electron chi connectivity index (χ4n) is 8.13. The molecular formula is C35H34F5N7O2S. The second kappa shape index (κ2) is 12.3. The Morgan fingerprint density at radius 1 is 1.28 bits per heavy atom. The molecule has 4 aromatic rings. The average Bonchev–Trinajstić information content (AvgIpc) is 3.82. The number of nitrogens with zero attached hydrogens (tertiary/aromatic N) is 6. The molecule has 7 rings (SSSR count). The Bertz CT molecular complexity index is 2080. The Morgan fingerprint density at radius 2 is 2.06 bits per heavy atom. The molecule has 3 saturated heterocycles. The monoisotopic (exact) mass is 711 g/mol. The van der Waals surface area contributed by atoms with Crippen molar-refractivity contribution in [2.75, 3.05) is 43.9 Å². The second-order valence-electron chi connectivity index (χ2n) is 13.3. The Labute approximate surface area is 288 Å². The van der Waals surface area contributed by atoms with Gasteiger partial charge in [0.05, 0.1) is 32.9 Å². The van der Waals surface area contributed by atoms with Gasteiger partial charge < -0.3 is 20.3 Å². The predicted molar refractivity (Wildman–Crippen MR) is 181 cm³/mol.